The molecular formula is C13H16N2O3S. The molecule has 0 spiro atoms. The molecule has 0 aliphatic carbocycles. The fraction of sp³-hybridized carbons (Fsp3) is 0.385. The Hall–Kier alpha value is -1.69. The zero-order chi connectivity index (χ0) is 13.7. The van der Waals surface area contributed by atoms with Crippen LogP contribution in [0.25, 0.3) is 0 Å². The molecule has 0 bridgehead atoms. The van der Waals surface area contributed by atoms with E-state index in [0.717, 1.165) is 23.7 Å². The van der Waals surface area contributed by atoms with E-state index >= 15 is 0 Å². The Morgan fingerprint density at radius 2 is 2.37 bits per heavy atom. The van der Waals surface area contributed by atoms with E-state index in [1.807, 2.05) is 29.2 Å². The van der Waals surface area contributed by atoms with Crippen LogP contribution in [0.2, 0.25) is 0 Å². The molecule has 0 saturated carbocycles. The first-order valence-electron chi connectivity index (χ1n) is 6.04. The molecule has 1 heterocycles. The Labute approximate surface area is 116 Å². The number of rotatable bonds is 3. The summed E-state index contributed by atoms with van der Waals surface area (Å²) in [7, 11) is 1.63. The maximum atomic E-state index is 11.4. The molecule has 102 valence electrons. The number of amides is 1. The lowest BCUT2D eigenvalue weighted by Gasteiger charge is -2.18. The molecule has 0 atom stereocenters. The van der Waals surface area contributed by atoms with E-state index in [1.54, 1.807) is 25.8 Å². The van der Waals surface area contributed by atoms with Crippen molar-refractivity contribution in [3.05, 3.63) is 24.3 Å². The molecule has 1 aliphatic heterocycles. The highest BCUT2D eigenvalue weighted by Crippen LogP contribution is 2.28. The molecule has 0 N–H and O–H groups in total. The largest absolute Gasteiger partial charge is 0.497 e. The second kappa shape index (κ2) is 6.47. The van der Waals surface area contributed by atoms with Gasteiger partial charge >= 0.3 is 6.09 Å². The van der Waals surface area contributed by atoms with E-state index in [0.29, 0.717) is 11.8 Å². The number of aliphatic imine (C=N–C) groups is 1. The van der Waals surface area contributed by atoms with Crippen molar-refractivity contribution >= 4 is 28.7 Å². The summed E-state index contributed by atoms with van der Waals surface area (Å²) < 4.78 is 10.0. The van der Waals surface area contributed by atoms with E-state index in [9.17, 15) is 4.79 Å². The van der Waals surface area contributed by atoms with Crippen molar-refractivity contribution in [2.75, 3.05) is 30.9 Å². The van der Waals surface area contributed by atoms with Crippen LogP contribution < -0.4 is 9.64 Å². The summed E-state index contributed by atoms with van der Waals surface area (Å²) in [6.45, 7) is 2.91. The van der Waals surface area contributed by atoms with Gasteiger partial charge in [-0.05, 0) is 19.1 Å². The summed E-state index contributed by atoms with van der Waals surface area (Å²) in [6, 6.07) is 7.69. The number of thioether (sulfide) groups is 1. The smallest absolute Gasteiger partial charge is 0.436 e. The lowest BCUT2D eigenvalue weighted by Crippen LogP contribution is -2.24. The minimum absolute atomic E-state index is 0.333. The molecule has 0 unspecified atom stereocenters. The lowest BCUT2D eigenvalue weighted by atomic mass is 10.3. The molecule has 1 fully saturated rings. The number of anilines is 1. The highest BCUT2D eigenvalue weighted by atomic mass is 32.2. The Morgan fingerprint density at radius 3 is 3.11 bits per heavy atom. The van der Waals surface area contributed by atoms with Gasteiger partial charge in [-0.1, -0.05) is 17.8 Å². The lowest BCUT2D eigenvalue weighted by molar-refractivity contribution is 0.163. The van der Waals surface area contributed by atoms with Crippen molar-refractivity contribution < 1.29 is 14.3 Å². The van der Waals surface area contributed by atoms with Crippen molar-refractivity contribution in [3.63, 3.8) is 0 Å². The van der Waals surface area contributed by atoms with Crippen LogP contribution in [0.1, 0.15) is 6.92 Å². The molecule has 1 saturated heterocycles. The normalized spacial score (nSPS) is 16.7. The third-order valence-electron chi connectivity index (χ3n) is 2.60. The molecule has 19 heavy (non-hydrogen) atoms. The van der Waals surface area contributed by atoms with E-state index in [1.165, 1.54) is 0 Å². The van der Waals surface area contributed by atoms with Crippen LogP contribution >= 0.6 is 11.8 Å². The molecule has 0 aromatic heterocycles. The molecular weight excluding hydrogens is 264 g/mol. The first-order valence-corrected chi connectivity index (χ1v) is 7.03. The Balaban J connectivity index is 2.20. The van der Waals surface area contributed by atoms with Crippen LogP contribution in [0.5, 0.6) is 5.75 Å². The zero-order valence-corrected chi connectivity index (χ0v) is 11.8. The van der Waals surface area contributed by atoms with E-state index in [2.05, 4.69) is 4.99 Å². The van der Waals surface area contributed by atoms with E-state index < -0.39 is 6.09 Å². The Kier molecular flexibility index (Phi) is 4.68. The van der Waals surface area contributed by atoms with Gasteiger partial charge in [0.1, 0.15) is 5.75 Å². The first-order chi connectivity index (χ1) is 9.24. The second-order valence-corrected chi connectivity index (χ2v) is 4.86. The van der Waals surface area contributed by atoms with Crippen molar-refractivity contribution in [1.82, 2.24) is 0 Å². The average Bonchev–Trinajstić information content (AvgIpc) is 2.87. The number of carbonyl (C=O) groups excluding carboxylic acids is 1. The number of ether oxygens (including phenoxy) is 2. The third kappa shape index (κ3) is 3.41. The predicted molar refractivity (Wildman–Crippen MR) is 77.3 cm³/mol. The number of benzene rings is 1. The fourth-order valence-electron chi connectivity index (χ4n) is 1.75. The number of methoxy groups -OCH3 is 1. The van der Waals surface area contributed by atoms with Crippen LogP contribution in [0, 0.1) is 0 Å². The van der Waals surface area contributed by atoms with Gasteiger partial charge in [0.05, 0.1) is 13.7 Å². The van der Waals surface area contributed by atoms with Gasteiger partial charge < -0.3 is 14.4 Å². The van der Waals surface area contributed by atoms with Crippen LogP contribution in [0.15, 0.2) is 29.3 Å². The van der Waals surface area contributed by atoms with Gasteiger partial charge in [0, 0.05) is 24.1 Å². The van der Waals surface area contributed by atoms with Crippen molar-refractivity contribution in [1.29, 1.82) is 0 Å². The van der Waals surface area contributed by atoms with Crippen LogP contribution in [0.3, 0.4) is 0 Å². The monoisotopic (exact) mass is 280 g/mol. The SMILES string of the molecule is CCOC(=O)N=C1SCCN1c1cccc(OC)c1. The second-order valence-electron chi connectivity index (χ2n) is 3.79. The van der Waals surface area contributed by atoms with Gasteiger partial charge in [-0.2, -0.15) is 4.99 Å². The molecule has 1 aromatic carbocycles. The van der Waals surface area contributed by atoms with Gasteiger partial charge in [0.15, 0.2) is 5.17 Å². The molecule has 5 nitrogen and oxygen atoms in total. The number of hydrogen-bond acceptors (Lipinski definition) is 4. The summed E-state index contributed by atoms with van der Waals surface area (Å²) in [4.78, 5) is 17.4. The van der Waals surface area contributed by atoms with Crippen molar-refractivity contribution in [3.8, 4) is 5.75 Å². The molecule has 1 aromatic rings. The topological polar surface area (TPSA) is 51.1 Å². The number of amidine groups is 1. The number of nitrogens with zero attached hydrogens (tertiary/aromatic N) is 2. The summed E-state index contributed by atoms with van der Waals surface area (Å²) >= 11 is 1.55. The summed E-state index contributed by atoms with van der Waals surface area (Å²) in [5.74, 6) is 1.68. The van der Waals surface area contributed by atoms with Crippen molar-refractivity contribution in [2.45, 2.75) is 6.92 Å². The maximum Gasteiger partial charge on any atom is 0.436 e. The van der Waals surface area contributed by atoms with Gasteiger partial charge in [0.25, 0.3) is 0 Å². The Morgan fingerprint density at radius 1 is 1.53 bits per heavy atom. The minimum Gasteiger partial charge on any atom is -0.497 e. The predicted octanol–water partition coefficient (Wildman–Crippen LogP) is 2.76. The van der Waals surface area contributed by atoms with Crippen LogP contribution in [-0.2, 0) is 4.74 Å². The highest BCUT2D eigenvalue weighted by molar-refractivity contribution is 8.14. The quantitative estimate of drug-likeness (QED) is 0.852. The summed E-state index contributed by atoms with van der Waals surface area (Å²) in [6.07, 6.45) is -0.542. The van der Waals surface area contributed by atoms with E-state index in [4.69, 9.17) is 9.47 Å². The molecule has 1 amide bonds. The Bertz CT molecular complexity index is 491. The molecule has 0 radical (unpaired) electrons. The molecule has 1 aliphatic rings. The number of hydrogen-bond donors (Lipinski definition) is 0. The van der Waals surface area contributed by atoms with Gasteiger partial charge in [-0.25, -0.2) is 4.79 Å². The van der Waals surface area contributed by atoms with Gasteiger partial charge in [0.2, 0.25) is 0 Å². The molecule has 2 rings (SSSR count). The van der Waals surface area contributed by atoms with Crippen LogP contribution in [0.4, 0.5) is 10.5 Å². The minimum atomic E-state index is -0.542. The summed E-state index contributed by atoms with van der Waals surface area (Å²) in [5, 5.41) is 0.673. The molecule has 6 heteroatoms. The van der Waals surface area contributed by atoms with Gasteiger partial charge in [-0.3, -0.25) is 0 Å². The first kappa shape index (κ1) is 13.7. The van der Waals surface area contributed by atoms with Crippen LogP contribution in [-0.4, -0.2) is 37.3 Å². The number of carbonyl (C=O) groups is 1. The van der Waals surface area contributed by atoms with Crippen molar-refractivity contribution in [2.24, 2.45) is 4.99 Å². The third-order valence-corrected chi connectivity index (χ3v) is 3.55. The average molecular weight is 280 g/mol. The zero-order valence-electron chi connectivity index (χ0n) is 11.0. The fourth-order valence-corrected chi connectivity index (χ4v) is 2.69. The summed E-state index contributed by atoms with van der Waals surface area (Å²) in [5.41, 5.74) is 0.965. The standard InChI is InChI=1S/C13H16N2O3S/c1-3-18-13(16)14-12-15(7-8-19-12)10-5-4-6-11(9-10)17-2/h4-6,9H,3,7-8H2,1-2H3. The maximum absolute atomic E-state index is 11.4. The highest BCUT2D eigenvalue weighted by Gasteiger charge is 2.22. The van der Waals surface area contributed by atoms with Gasteiger partial charge in [-0.15, -0.1) is 0 Å². The van der Waals surface area contributed by atoms with E-state index in [-0.39, 0.29) is 0 Å².